The lowest BCUT2D eigenvalue weighted by molar-refractivity contribution is -0.124. The number of ether oxygens (including phenoxy) is 3. The number of halogens is 3. The van der Waals surface area contributed by atoms with E-state index in [1.807, 2.05) is 0 Å². The number of aliphatic hydroxyl groups is 1. The monoisotopic (exact) mass is 456 g/mol. The van der Waals surface area contributed by atoms with Gasteiger partial charge in [0.1, 0.15) is 11.5 Å². The molecule has 0 aromatic heterocycles. The Kier molecular flexibility index (Phi) is 9.61. The number of nitrogens with one attached hydrogen (secondary N) is 2. The van der Waals surface area contributed by atoms with Gasteiger partial charge in [0.05, 0.1) is 13.2 Å². The van der Waals surface area contributed by atoms with Crippen LogP contribution in [0.3, 0.4) is 0 Å². The van der Waals surface area contributed by atoms with E-state index >= 15 is 0 Å². The smallest absolute Gasteiger partial charge is 0.258 e. The summed E-state index contributed by atoms with van der Waals surface area (Å²) in [6.07, 6.45) is -0.787. The number of rotatable bonds is 12. The maximum absolute atomic E-state index is 13.3. The van der Waals surface area contributed by atoms with E-state index in [0.29, 0.717) is 0 Å². The molecule has 11 heteroatoms. The third kappa shape index (κ3) is 8.34. The van der Waals surface area contributed by atoms with E-state index in [1.165, 1.54) is 25.3 Å². The molecular weight excluding hydrogens is 433 g/mol. The summed E-state index contributed by atoms with van der Waals surface area (Å²) in [5.74, 6) is -3.47. The average Bonchev–Trinajstić information content (AvgIpc) is 2.77. The first kappa shape index (κ1) is 24.8. The van der Waals surface area contributed by atoms with Gasteiger partial charge in [-0.05, 0) is 30.7 Å². The molecule has 32 heavy (non-hydrogen) atoms. The number of carbonyl (C=O) groups excluding carboxylic acids is 2. The highest BCUT2D eigenvalue weighted by atomic mass is 19.2. The minimum atomic E-state index is -1.09. The summed E-state index contributed by atoms with van der Waals surface area (Å²) < 4.78 is 54.3. The van der Waals surface area contributed by atoms with E-state index in [0.717, 1.165) is 18.2 Å². The molecule has 2 rings (SSSR count). The van der Waals surface area contributed by atoms with Crippen LogP contribution in [0.1, 0.15) is 6.42 Å². The lowest BCUT2D eigenvalue weighted by Gasteiger charge is -2.13. The van der Waals surface area contributed by atoms with Crippen LogP contribution in [-0.2, 0) is 9.59 Å². The number of hydrogen-bond donors (Lipinski definition) is 3. The van der Waals surface area contributed by atoms with Crippen LogP contribution in [-0.4, -0.2) is 56.4 Å². The Morgan fingerprint density at radius 1 is 0.906 bits per heavy atom. The predicted octanol–water partition coefficient (Wildman–Crippen LogP) is 1.55. The quantitative estimate of drug-likeness (QED) is 0.448. The summed E-state index contributed by atoms with van der Waals surface area (Å²) in [6, 6.07) is 6.69. The summed E-state index contributed by atoms with van der Waals surface area (Å²) in [6.45, 7) is -0.734. The van der Waals surface area contributed by atoms with E-state index in [1.54, 1.807) is 0 Å². The predicted molar refractivity (Wildman–Crippen MR) is 107 cm³/mol. The molecule has 2 aromatic rings. The number of methoxy groups -OCH3 is 1. The molecule has 2 amide bonds. The highest BCUT2D eigenvalue weighted by Gasteiger charge is 2.11. The fraction of sp³-hybridized carbons (Fsp3) is 0.333. The molecule has 8 nitrogen and oxygen atoms in total. The molecule has 0 saturated heterocycles. The van der Waals surface area contributed by atoms with Crippen molar-refractivity contribution in [2.75, 3.05) is 33.4 Å². The van der Waals surface area contributed by atoms with Gasteiger partial charge in [-0.25, -0.2) is 13.2 Å². The van der Waals surface area contributed by atoms with Gasteiger partial charge in [-0.2, -0.15) is 0 Å². The normalized spacial score (nSPS) is 11.4. The van der Waals surface area contributed by atoms with Crippen LogP contribution in [0.2, 0.25) is 0 Å². The van der Waals surface area contributed by atoms with Gasteiger partial charge < -0.3 is 30.0 Å². The molecule has 174 valence electrons. The topological polar surface area (TPSA) is 106 Å². The van der Waals surface area contributed by atoms with Crippen molar-refractivity contribution in [3.8, 4) is 17.2 Å². The van der Waals surface area contributed by atoms with Gasteiger partial charge in [0.25, 0.3) is 11.8 Å². The summed E-state index contributed by atoms with van der Waals surface area (Å²) in [7, 11) is 1.31. The number of hydrogen-bond acceptors (Lipinski definition) is 6. The molecule has 0 unspecified atom stereocenters. The molecule has 0 spiro atoms. The van der Waals surface area contributed by atoms with Crippen molar-refractivity contribution >= 4 is 11.8 Å². The number of carbonyl (C=O) groups is 2. The molecular formula is C21H23F3N2O6. The Labute approximate surface area is 182 Å². The highest BCUT2D eigenvalue weighted by Crippen LogP contribution is 2.23. The summed E-state index contributed by atoms with van der Waals surface area (Å²) in [4.78, 5) is 23.5. The van der Waals surface area contributed by atoms with Gasteiger partial charge in [0.2, 0.25) is 0 Å². The molecule has 1 atom stereocenters. The highest BCUT2D eigenvalue weighted by molar-refractivity contribution is 5.78. The van der Waals surface area contributed by atoms with E-state index in [2.05, 4.69) is 10.6 Å². The molecule has 0 fully saturated rings. The van der Waals surface area contributed by atoms with Crippen LogP contribution in [0.25, 0.3) is 0 Å². The first-order valence-electron chi connectivity index (χ1n) is 9.54. The minimum Gasteiger partial charge on any atom is -0.494 e. The van der Waals surface area contributed by atoms with Crippen LogP contribution in [0.5, 0.6) is 17.2 Å². The molecule has 0 saturated carbocycles. The maximum Gasteiger partial charge on any atom is 0.258 e. The molecule has 0 bridgehead atoms. The van der Waals surface area contributed by atoms with Crippen LogP contribution >= 0.6 is 0 Å². The van der Waals surface area contributed by atoms with Gasteiger partial charge in [-0.15, -0.1) is 0 Å². The van der Waals surface area contributed by atoms with Crippen molar-refractivity contribution < 1.29 is 42.1 Å². The van der Waals surface area contributed by atoms with Crippen LogP contribution in [0.4, 0.5) is 13.2 Å². The standard InChI is InChI=1S/C21H23F3N2O6/c1-30-19-9-15(3-5-17(19)23)32-11-20(28)25-7-6-13(27)10-26-21(29)12-31-14-2-4-16(22)18(24)8-14/h2-5,8-9,13,27H,6-7,10-12H2,1H3,(H,25,28)(H,26,29)/t13-/m0/s1. The van der Waals surface area contributed by atoms with E-state index in [4.69, 9.17) is 14.2 Å². The van der Waals surface area contributed by atoms with Crippen molar-refractivity contribution in [1.29, 1.82) is 0 Å². The Hall–Kier alpha value is -3.47. The van der Waals surface area contributed by atoms with Gasteiger partial charge in [0.15, 0.2) is 36.4 Å². The van der Waals surface area contributed by atoms with E-state index in [-0.39, 0.29) is 43.4 Å². The van der Waals surface area contributed by atoms with Crippen molar-refractivity contribution in [2.24, 2.45) is 0 Å². The van der Waals surface area contributed by atoms with Gasteiger partial charge in [-0.1, -0.05) is 0 Å². The van der Waals surface area contributed by atoms with Crippen molar-refractivity contribution in [2.45, 2.75) is 12.5 Å². The zero-order chi connectivity index (χ0) is 23.5. The van der Waals surface area contributed by atoms with Crippen LogP contribution in [0, 0.1) is 17.5 Å². The van der Waals surface area contributed by atoms with Crippen molar-refractivity contribution in [3.63, 3.8) is 0 Å². The Morgan fingerprint density at radius 3 is 2.12 bits per heavy atom. The Bertz CT molecular complexity index is 928. The first-order valence-corrected chi connectivity index (χ1v) is 9.54. The zero-order valence-electron chi connectivity index (χ0n) is 17.2. The fourth-order valence-corrected chi connectivity index (χ4v) is 2.41. The molecule has 3 N–H and O–H groups in total. The Morgan fingerprint density at radius 2 is 1.50 bits per heavy atom. The largest absolute Gasteiger partial charge is 0.494 e. The summed E-state index contributed by atoms with van der Waals surface area (Å²) in [5.41, 5.74) is 0. The van der Waals surface area contributed by atoms with Gasteiger partial charge in [0, 0.05) is 25.2 Å². The lowest BCUT2D eigenvalue weighted by Crippen LogP contribution is -2.37. The fourth-order valence-electron chi connectivity index (χ4n) is 2.41. The molecule has 2 aromatic carbocycles. The Balaban J connectivity index is 1.59. The van der Waals surface area contributed by atoms with Gasteiger partial charge >= 0.3 is 0 Å². The number of aliphatic hydroxyl groups excluding tert-OH is 1. The SMILES string of the molecule is COc1cc(OCC(=O)NCC[C@H](O)CNC(=O)COc2ccc(F)c(F)c2)ccc1F. The number of amides is 2. The maximum atomic E-state index is 13.3. The van der Waals surface area contributed by atoms with E-state index < -0.39 is 42.0 Å². The lowest BCUT2D eigenvalue weighted by atomic mass is 10.2. The zero-order valence-corrected chi connectivity index (χ0v) is 17.2. The molecule has 0 aliphatic rings. The molecule has 0 aliphatic heterocycles. The minimum absolute atomic E-state index is 0.0105. The third-order valence-electron chi connectivity index (χ3n) is 4.09. The first-order chi connectivity index (χ1) is 15.3. The summed E-state index contributed by atoms with van der Waals surface area (Å²) >= 11 is 0. The van der Waals surface area contributed by atoms with E-state index in [9.17, 15) is 27.9 Å². The second kappa shape index (κ2) is 12.4. The summed E-state index contributed by atoms with van der Waals surface area (Å²) in [5, 5.41) is 14.8. The second-order valence-corrected chi connectivity index (χ2v) is 6.55. The average molecular weight is 456 g/mol. The second-order valence-electron chi connectivity index (χ2n) is 6.55. The molecule has 0 radical (unpaired) electrons. The van der Waals surface area contributed by atoms with Crippen LogP contribution in [0.15, 0.2) is 36.4 Å². The molecule has 0 aliphatic carbocycles. The van der Waals surface area contributed by atoms with Crippen molar-refractivity contribution in [1.82, 2.24) is 10.6 Å². The van der Waals surface area contributed by atoms with Gasteiger partial charge in [-0.3, -0.25) is 9.59 Å². The molecule has 0 heterocycles. The third-order valence-corrected chi connectivity index (χ3v) is 4.09. The van der Waals surface area contributed by atoms with Crippen molar-refractivity contribution in [3.05, 3.63) is 53.8 Å². The van der Waals surface area contributed by atoms with Crippen LogP contribution < -0.4 is 24.8 Å². The number of benzene rings is 2.